The van der Waals surface area contributed by atoms with Gasteiger partial charge in [0.15, 0.2) is 24.1 Å². The predicted molar refractivity (Wildman–Crippen MR) is 230 cm³/mol. The Labute approximate surface area is 332 Å². The maximum absolute atomic E-state index is 4.85. The molecule has 3 aromatic carbocycles. The molecule has 2 aliphatic rings. The third-order valence-corrected chi connectivity index (χ3v) is 12.3. The molecule has 0 saturated heterocycles. The smallest absolute Gasteiger partial charge is 0.218 e. The number of allylic oxidation sites excluding steroid dienone is 1. The highest BCUT2D eigenvalue weighted by Gasteiger charge is 2.42. The summed E-state index contributed by atoms with van der Waals surface area (Å²) in [5.41, 5.74) is 17.4. The number of hydrogen-bond donors (Lipinski definition) is 0. The fourth-order valence-electron chi connectivity index (χ4n) is 9.18. The van der Waals surface area contributed by atoms with E-state index in [2.05, 4.69) is 172 Å². The van der Waals surface area contributed by atoms with Crippen molar-refractivity contribution in [1.82, 2.24) is 9.97 Å². The average molecular weight is 733 g/mol. The maximum atomic E-state index is 4.85. The number of rotatable bonds is 2. The molecular weight excluding hydrogens is 681 g/mol. The molecule has 0 amide bonds. The van der Waals surface area contributed by atoms with E-state index in [1.807, 2.05) is 18.6 Å². The minimum absolute atomic E-state index is 0.00773. The first kappa shape index (κ1) is 35.9. The second-order valence-electron chi connectivity index (χ2n) is 18.1. The van der Waals surface area contributed by atoms with Crippen LogP contribution in [0.1, 0.15) is 94.2 Å². The zero-order valence-corrected chi connectivity index (χ0v) is 33.9. The van der Waals surface area contributed by atoms with Gasteiger partial charge in [0.2, 0.25) is 11.4 Å². The summed E-state index contributed by atoms with van der Waals surface area (Å²) in [6.07, 6.45) is 13.3. The van der Waals surface area contributed by atoms with Crippen LogP contribution in [0.25, 0.3) is 61.4 Å². The Bertz CT molecular complexity index is 2690. The van der Waals surface area contributed by atoms with Crippen LogP contribution in [0.15, 0.2) is 135 Å². The minimum Gasteiger partial charge on any atom is -0.264 e. The molecule has 0 aliphatic carbocycles. The van der Waals surface area contributed by atoms with Crippen molar-refractivity contribution in [3.05, 3.63) is 162 Å². The Hall–Kier alpha value is -5.74. The summed E-state index contributed by atoms with van der Waals surface area (Å²) in [6, 6.07) is 36.9. The van der Waals surface area contributed by atoms with E-state index in [1.54, 1.807) is 0 Å². The molecule has 0 spiro atoms. The number of nitrogens with zero attached hydrogens (tertiary/aromatic N) is 4. The van der Waals surface area contributed by atoms with Gasteiger partial charge in [0, 0.05) is 65.3 Å². The number of pyridine rings is 4. The van der Waals surface area contributed by atoms with Crippen LogP contribution < -0.4 is 9.13 Å². The summed E-state index contributed by atoms with van der Waals surface area (Å²) in [5.74, 6) is 0.348. The minimum atomic E-state index is -0.00773. The third kappa shape index (κ3) is 6.26. The van der Waals surface area contributed by atoms with Crippen LogP contribution in [0.3, 0.4) is 0 Å². The summed E-state index contributed by atoms with van der Waals surface area (Å²) in [4.78, 5) is 9.46. The lowest BCUT2D eigenvalue weighted by Gasteiger charge is -2.31. The summed E-state index contributed by atoms with van der Waals surface area (Å²) < 4.78 is 4.92. The fraction of sp³-hybridized carbons (Fsp3) is 0.269. The lowest BCUT2D eigenvalue weighted by Crippen LogP contribution is -2.49. The van der Waals surface area contributed by atoms with Gasteiger partial charge in [0.05, 0.1) is 17.7 Å². The first-order chi connectivity index (χ1) is 26.8. The van der Waals surface area contributed by atoms with Crippen molar-refractivity contribution in [3.8, 4) is 44.9 Å². The van der Waals surface area contributed by atoms with Crippen LogP contribution in [-0.4, -0.2) is 9.97 Å². The molecule has 2 aliphatic heterocycles. The van der Waals surface area contributed by atoms with E-state index in [0.717, 1.165) is 41.6 Å². The molecule has 0 N–H and O–H groups in total. The normalized spacial score (nSPS) is 16.7. The second kappa shape index (κ2) is 13.5. The molecule has 0 radical (unpaired) electrons. The van der Waals surface area contributed by atoms with Crippen LogP contribution in [0.4, 0.5) is 0 Å². The summed E-state index contributed by atoms with van der Waals surface area (Å²) in [7, 11) is 0. The first-order valence-corrected chi connectivity index (χ1v) is 20.2. The number of hydrogen-bond acceptors (Lipinski definition) is 2. The zero-order valence-electron chi connectivity index (χ0n) is 33.9. The van der Waals surface area contributed by atoms with Gasteiger partial charge in [-0.15, -0.1) is 0 Å². The molecule has 4 heteroatoms. The molecule has 4 aromatic heterocycles. The Morgan fingerprint density at radius 2 is 1.46 bits per heavy atom. The monoisotopic (exact) mass is 732 g/mol. The maximum Gasteiger partial charge on any atom is 0.218 e. The topological polar surface area (TPSA) is 33.5 Å². The fourth-order valence-corrected chi connectivity index (χ4v) is 9.18. The van der Waals surface area contributed by atoms with Crippen molar-refractivity contribution in [2.75, 3.05) is 0 Å². The van der Waals surface area contributed by atoms with Gasteiger partial charge in [-0.3, -0.25) is 9.97 Å². The zero-order chi connectivity index (χ0) is 38.9. The summed E-state index contributed by atoms with van der Waals surface area (Å²) in [6.45, 7) is 20.7. The third-order valence-electron chi connectivity index (χ3n) is 12.3. The average Bonchev–Trinajstić information content (AvgIpc) is 3.19. The van der Waals surface area contributed by atoms with Gasteiger partial charge in [0.25, 0.3) is 0 Å². The molecule has 9 rings (SSSR count). The molecule has 0 saturated carbocycles. The van der Waals surface area contributed by atoms with Gasteiger partial charge >= 0.3 is 0 Å². The standard InChI is InChI=1S/C52H52N4/c1-33-21-25-56-48(27-33)43-12-10-9-11-40(43)44-16-15-35-13-14-36(29-45(35)50-31-38(52(6,7)8)22-26-55(50)34(2)28-49(44)56)39-17-18-42(46-32-53-23-20-41(39)46)47-30-37(19-24-54-47)51(3,4)5/h9-14,17-27,29-32,44,49H,2,15-16,28H2,1,3-8H3/q+2. The molecule has 2 atom stereocenters. The lowest BCUT2D eigenvalue weighted by atomic mass is 9.77. The van der Waals surface area contributed by atoms with E-state index in [4.69, 9.17) is 11.6 Å². The van der Waals surface area contributed by atoms with Gasteiger partial charge < -0.3 is 0 Å². The van der Waals surface area contributed by atoms with E-state index in [1.165, 1.54) is 66.8 Å². The van der Waals surface area contributed by atoms with Crippen molar-refractivity contribution < 1.29 is 9.13 Å². The highest BCUT2D eigenvalue weighted by Crippen LogP contribution is 2.45. The van der Waals surface area contributed by atoms with Crippen LogP contribution >= 0.6 is 0 Å². The molecular formula is C52H52N4+2. The van der Waals surface area contributed by atoms with Crippen molar-refractivity contribution in [2.45, 2.75) is 90.5 Å². The molecule has 278 valence electrons. The van der Waals surface area contributed by atoms with Crippen LogP contribution in [-0.2, 0) is 17.3 Å². The SMILES string of the molecule is C=C1CC2C(CCc3ccc(-c4ccc(-c5cc(C(C)(C)C)ccn5)c5cnccc45)cc3-c3cc(C(C)(C)C)cc[n+]31)c1ccccc1-c1cc(C)cc[n+]12. The van der Waals surface area contributed by atoms with Crippen LogP contribution in [0.5, 0.6) is 0 Å². The van der Waals surface area contributed by atoms with Gasteiger partial charge in [-0.2, -0.15) is 9.13 Å². The first-order valence-electron chi connectivity index (χ1n) is 20.2. The van der Waals surface area contributed by atoms with Crippen molar-refractivity contribution in [3.63, 3.8) is 0 Å². The lowest BCUT2D eigenvalue weighted by molar-refractivity contribution is -0.720. The molecule has 56 heavy (non-hydrogen) atoms. The number of aromatic nitrogens is 4. The van der Waals surface area contributed by atoms with E-state index in [9.17, 15) is 0 Å². The second-order valence-corrected chi connectivity index (χ2v) is 18.1. The predicted octanol–water partition coefficient (Wildman–Crippen LogP) is 11.9. The molecule has 0 bridgehead atoms. The molecule has 6 heterocycles. The molecule has 7 aromatic rings. The number of benzene rings is 3. The van der Waals surface area contributed by atoms with Gasteiger partial charge in [-0.25, -0.2) is 0 Å². The molecule has 2 unspecified atom stereocenters. The van der Waals surface area contributed by atoms with Gasteiger partial charge in [-0.1, -0.05) is 84.0 Å². The van der Waals surface area contributed by atoms with Crippen molar-refractivity contribution in [1.29, 1.82) is 0 Å². The molecule has 0 fully saturated rings. The Balaban J connectivity index is 1.21. The quantitative estimate of drug-likeness (QED) is 0.166. The van der Waals surface area contributed by atoms with E-state index in [-0.39, 0.29) is 16.9 Å². The highest BCUT2D eigenvalue weighted by molar-refractivity contribution is 6.04. The van der Waals surface area contributed by atoms with Gasteiger partial charge in [0.1, 0.15) is 0 Å². The van der Waals surface area contributed by atoms with E-state index >= 15 is 0 Å². The van der Waals surface area contributed by atoms with Crippen molar-refractivity contribution >= 4 is 16.5 Å². The van der Waals surface area contributed by atoms with Crippen molar-refractivity contribution in [2.24, 2.45) is 0 Å². The number of fused-ring (bicyclic) bond motifs is 10. The Morgan fingerprint density at radius 3 is 2.29 bits per heavy atom. The number of aryl methyl sites for hydroxylation is 2. The Kier molecular flexibility index (Phi) is 8.65. The Morgan fingerprint density at radius 1 is 0.679 bits per heavy atom. The van der Waals surface area contributed by atoms with Gasteiger partial charge in [-0.05, 0) is 112 Å². The van der Waals surface area contributed by atoms with Crippen LogP contribution in [0.2, 0.25) is 0 Å². The largest absolute Gasteiger partial charge is 0.264 e. The summed E-state index contributed by atoms with van der Waals surface area (Å²) in [5, 5.41) is 2.28. The van der Waals surface area contributed by atoms with E-state index in [0.29, 0.717) is 5.92 Å². The summed E-state index contributed by atoms with van der Waals surface area (Å²) >= 11 is 0. The highest BCUT2D eigenvalue weighted by atomic mass is 15.0. The molecule has 4 nitrogen and oxygen atoms in total. The van der Waals surface area contributed by atoms with Crippen LogP contribution in [0, 0.1) is 6.92 Å². The van der Waals surface area contributed by atoms with E-state index < -0.39 is 0 Å².